The van der Waals surface area contributed by atoms with Crippen LogP contribution in [0, 0.1) is 0 Å². The van der Waals surface area contributed by atoms with Crippen LogP contribution in [0.2, 0.25) is 0 Å². The molecule has 5 heteroatoms. The van der Waals surface area contributed by atoms with Gasteiger partial charge in [0.2, 0.25) is 0 Å². The Morgan fingerprint density at radius 2 is 2.00 bits per heavy atom. The molecule has 0 aliphatic carbocycles. The summed E-state index contributed by atoms with van der Waals surface area (Å²) in [5, 5.41) is 18.0. The fourth-order valence-electron chi connectivity index (χ4n) is 1.16. The van der Waals surface area contributed by atoms with E-state index in [2.05, 4.69) is 0 Å². The van der Waals surface area contributed by atoms with Crippen LogP contribution in [0.3, 0.4) is 0 Å². The van der Waals surface area contributed by atoms with Crippen LogP contribution in [0.15, 0.2) is 23.1 Å². The van der Waals surface area contributed by atoms with E-state index in [1.54, 1.807) is 6.07 Å². The van der Waals surface area contributed by atoms with Crippen LogP contribution < -0.4 is 0 Å². The van der Waals surface area contributed by atoms with Crippen molar-refractivity contribution in [2.45, 2.75) is 11.3 Å². The number of phenolic OH excluding ortho intramolecular Hbond substituents is 1. The van der Waals surface area contributed by atoms with Crippen molar-refractivity contribution in [3.8, 4) is 5.75 Å². The van der Waals surface area contributed by atoms with E-state index in [4.69, 9.17) is 5.11 Å². The monoisotopic (exact) mass is 216 g/mol. The third-order valence-corrected chi connectivity index (χ3v) is 2.97. The van der Waals surface area contributed by atoms with Crippen molar-refractivity contribution >= 4 is 9.84 Å². The summed E-state index contributed by atoms with van der Waals surface area (Å²) in [6, 6.07) is 4.27. The van der Waals surface area contributed by atoms with Gasteiger partial charge in [0.15, 0.2) is 9.84 Å². The number of aliphatic hydroxyl groups excluding tert-OH is 1. The molecule has 0 unspecified atom stereocenters. The third kappa shape index (κ3) is 2.46. The summed E-state index contributed by atoms with van der Waals surface area (Å²) in [6.45, 7) is -0.0301. The summed E-state index contributed by atoms with van der Waals surface area (Å²) in [7, 11) is -3.38. The summed E-state index contributed by atoms with van der Waals surface area (Å²) in [5.74, 6) is -0.265. The zero-order chi connectivity index (χ0) is 10.8. The first-order valence-electron chi connectivity index (χ1n) is 4.08. The molecule has 0 radical (unpaired) electrons. The number of hydrogen-bond donors (Lipinski definition) is 2. The van der Waals surface area contributed by atoms with Gasteiger partial charge >= 0.3 is 0 Å². The van der Waals surface area contributed by atoms with E-state index >= 15 is 0 Å². The molecule has 0 saturated heterocycles. The van der Waals surface area contributed by atoms with Gasteiger partial charge < -0.3 is 10.2 Å². The Balaban J connectivity index is 3.15. The van der Waals surface area contributed by atoms with E-state index in [0.717, 1.165) is 6.26 Å². The minimum absolute atomic E-state index is 0.0301. The first kappa shape index (κ1) is 11.0. The van der Waals surface area contributed by atoms with Crippen LogP contribution in [-0.2, 0) is 16.3 Å². The van der Waals surface area contributed by atoms with Crippen LogP contribution in [0.5, 0.6) is 5.75 Å². The fraction of sp³-hybridized carbons (Fsp3) is 0.333. The smallest absolute Gasteiger partial charge is 0.179 e. The summed E-state index contributed by atoms with van der Waals surface area (Å²) in [5.41, 5.74) is 0.706. The molecule has 1 aromatic rings. The quantitative estimate of drug-likeness (QED) is 0.763. The molecule has 0 amide bonds. The van der Waals surface area contributed by atoms with Crippen molar-refractivity contribution < 1.29 is 18.6 Å². The van der Waals surface area contributed by atoms with Crippen LogP contribution in [0.1, 0.15) is 5.56 Å². The molecule has 2 N–H and O–H groups in total. The van der Waals surface area contributed by atoms with Crippen molar-refractivity contribution in [1.82, 2.24) is 0 Å². The zero-order valence-electron chi connectivity index (χ0n) is 7.77. The first-order valence-corrected chi connectivity index (χ1v) is 5.97. The van der Waals surface area contributed by atoms with Crippen molar-refractivity contribution in [1.29, 1.82) is 0 Å². The van der Waals surface area contributed by atoms with Crippen molar-refractivity contribution in [3.63, 3.8) is 0 Å². The molecule has 0 spiro atoms. The van der Waals surface area contributed by atoms with E-state index < -0.39 is 9.84 Å². The predicted molar refractivity (Wildman–Crippen MR) is 52.0 cm³/mol. The van der Waals surface area contributed by atoms with Crippen LogP contribution in [0.25, 0.3) is 0 Å². The van der Waals surface area contributed by atoms with Gasteiger partial charge in [0.1, 0.15) is 10.6 Å². The molecule has 0 aliphatic heterocycles. The first-order chi connectivity index (χ1) is 6.45. The van der Waals surface area contributed by atoms with E-state index in [1.165, 1.54) is 12.1 Å². The predicted octanol–water partition coefficient (Wildman–Crippen LogP) is 0.331. The van der Waals surface area contributed by atoms with Gasteiger partial charge in [0.25, 0.3) is 0 Å². The molecule has 0 saturated carbocycles. The van der Waals surface area contributed by atoms with Gasteiger partial charge in [-0.15, -0.1) is 0 Å². The molecule has 0 aromatic heterocycles. The van der Waals surface area contributed by atoms with Crippen molar-refractivity contribution in [2.75, 3.05) is 12.9 Å². The zero-order valence-corrected chi connectivity index (χ0v) is 8.58. The molecule has 0 fully saturated rings. The number of rotatable bonds is 3. The molecule has 14 heavy (non-hydrogen) atoms. The average molecular weight is 216 g/mol. The van der Waals surface area contributed by atoms with Gasteiger partial charge in [0, 0.05) is 12.9 Å². The minimum atomic E-state index is -3.38. The highest BCUT2D eigenvalue weighted by Gasteiger charge is 2.12. The summed E-state index contributed by atoms with van der Waals surface area (Å²) >= 11 is 0. The number of phenols is 1. The van der Waals surface area contributed by atoms with Gasteiger partial charge in [-0.2, -0.15) is 0 Å². The molecule has 0 aliphatic rings. The largest absolute Gasteiger partial charge is 0.507 e. The molecule has 1 aromatic carbocycles. The van der Waals surface area contributed by atoms with Crippen LogP contribution >= 0.6 is 0 Å². The Labute approximate surface area is 82.7 Å². The van der Waals surface area contributed by atoms with Gasteiger partial charge in [-0.3, -0.25) is 0 Å². The second kappa shape index (κ2) is 3.98. The Morgan fingerprint density at radius 3 is 2.43 bits per heavy atom. The minimum Gasteiger partial charge on any atom is -0.507 e. The molecule has 78 valence electrons. The molecule has 4 nitrogen and oxygen atoms in total. The topological polar surface area (TPSA) is 74.6 Å². The van der Waals surface area contributed by atoms with Gasteiger partial charge in [-0.05, 0) is 24.1 Å². The molecule has 0 heterocycles. The fourth-order valence-corrected chi connectivity index (χ4v) is 1.92. The lowest BCUT2D eigenvalue weighted by molar-refractivity contribution is 0.299. The Kier molecular flexibility index (Phi) is 3.13. The SMILES string of the molecule is CS(=O)(=O)c1ccc(CCO)cc1O. The number of benzene rings is 1. The number of sulfone groups is 1. The average Bonchev–Trinajstić information content (AvgIpc) is 2.02. The number of aromatic hydroxyl groups is 1. The van der Waals surface area contributed by atoms with Crippen molar-refractivity contribution in [3.05, 3.63) is 23.8 Å². The lowest BCUT2D eigenvalue weighted by Crippen LogP contribution is -1.98. The molecule has 0 atom stereocenters. The second-order valence-corrected chi connectivity index (χ2v) is 5.03. The highest BCUT2D eigenvalue weighted by molar-refractivity contribution is 7.90. The Morgan fingerprint density at radius 1 is 1.36 bits per heavy atom. The normalized spacial score (nSPS) is 11.6. The Hall–Kier alpha value is -1.07. The standard InChI is InChI=1S/C9H12O4S/c1-14(12,13)9-3-2-7(4-5-10)6-8(9)11/h2-3,6,10-11H,4-5H2,1H3. The molecule has 1 rings (SSSR count). The van der Waals surface area contributed by atoms with E-state index in [0.29, 0.717) is 12.0 Å². The highest BCUT2D eigenvalue weighted by Crippen LogP contribution is 2.23. The summed E-state index contributed by atoms with van der Waals surface area (Å²) < 4.78 is 22.2. The van der Waals surface area contributed by atoms with Gasteiger partial charge in [0.05, 0.1) is 0 Å². The summed E-state index contributed by atoms with van der Waals surface area (Å²) in [4.78, 5) is -0.0841. The maximum Gasteiger partial charge on any atom is 0.179 e. The van der Waals surface area contributed by atoms with Crippen LogP contribution in [0.4, 0.5) is 0 Å². The van der Waals surface area contributed by atoms with Gasteiger partial charge in [-0.1, -0.05) is 6.07 Å². The van der Waals surface area contributed by atoms with Crippen molar-refractivity contribution in [2.24, 2.45) is 0 Å². The maximum atomic E-state index is 11.1. The van der Waals surface area contributed by atoms with E-state index in [1.807, 2.05) is 0 Å². The molecule has 0 bridgehead atoms. The van der Waals surface area contributed by atoms with E-state index in [9.17, 15) is 13.5 Å². The Bertz CT molecular complexity index is 422. The molecular formula is C9H12O4S. The highest BCUT2D eigenvalue weighted by atomic mass is 32.2. The number of hydrogen-bond acceptors (Lipinski definition) is 4. The third-order valence-electron chi connectivity index (χ3n) is 1.82. The number of aliphatic hydroxyl groups is 1. The van der Waals surface area contributed by atoms with E-state index in [-0.39, 0.29) is 17.3 Å². The lowest BCUT2D eigenvalue weighted by atomic mass is 10.1. The molecular weight excluding hydrogens is 204 g/mol. The maximum absolute atomic E-state index is 11.1. The van der Waals surface area contributed by atoms with Crippen LogP contribution in [-0.4, -0.2) is 31.5 Å². The lowest BCUT2D eigenvalue weighted by Gasteiger charge is -2.04. The second-order valence-electron chi connectivity index (χ2n) is 3.05. The van der Waals surface area contributed by atoms with Gasteiger partial charge in [-0.25, -0.2) is 8.42 Å². The summed E-state index contributed by atoms with van der Waals surface area (Å²) in [6.07, 6.45) is 1.44.